The predicted octanol–water partition coefficient (Wildman–Crippen LogP) is 4.75. The van der Waals surface area contributed by atoms with Crippen molar-refractivity contribution in [1.82, 2.24) is 5.43 Å². The zero-order valence-electron chi connectivity index (χ0n) is 15.2. The number of phenolic OH excluding ortho intramolecular Hbond substituents is 1. The summed E-state index contributed by atoms with van der Waals surface area (Å²) in [5.41, 5.74) is 2.98. The van der Waals surface area contributed by atoms with Gasteiger partial charge in [-0.05, 0) is 57.9 Å². The lowest BCUT2D eigenvalue weighted by atomic mass is 10.2. The first-order valence-corrected chi connectivity index (χ1v) is 9.51. The van der Waals surface area contributed by atoms with Crippen LogP contribution in [0.15, 0.2) is 62.5 Å². The van der Waals surface area contributed by atoms with Crippen LogP contribution in [0.25, 0.3) is 0 Å². The first kappa shape index (κ1) is 20.8. The fraction of sp³-hybridized carbons (Fsp3) is 0.100. The van der Waals surface area contributed by atoms with Crippen LogP contribution in [0.3, 0.4) is 0 Å². The number of furan rings is 1. The Morgan fingerprint density at radius 2 is 2.07 bits per heavy atom. The summed E-state index contributed by atoms with van der Waals surface area (Å²) in [5, 5.41) is 14.2. The molecule has 3 aromatic rings. The van der Waals surface area contributed by atoms with Crippen LogP contribution in [0.4, 0.5) is 0 Å². The molecule has 0 unspecified atom stereocenters. The monoisotopic (exact) mass is 478 g/mol. The van der Waals surface area contributed by atoms with Gasteiger partial charge in [0.25, 0.3) is 0 Å². The lowest BCUT2D eigenvalue weighted by molar-refractivity contribution is 0.0923. The Labute approximate surface area is 180 Å². The van der Waals surface area contributed by atoms with Gasteiger partial charge < -0.3 is 19.0 Å². The fourth-order valence-electron chi connectivity index (χ4n) is 2.33. The average molecular weight is 480 g/mol. The van der Waals surface area contributed by atoms with Crippen LogP contribution < -0.4 is 14.9 Å². The van der Waals surface area contributed by atoms with Crippen molar-refractivity contribution < 1.29 is 23.8 Å². The zero-order chi connectivity index (χ0) is 20.8. The van der Waals surface area contributed by atoms with E-state index in [-0.39, 0.29) is 23.9 Å². The molecule has 0 saturated carbocycles. The molecule has 7 nitrogen and oxygen atoms in total. The van der Waals surface area contributed by atoms with Gasteiger partial charge in [-0.25, -0.2) is 5.43 Å². The van der Waals surface area contributed by atoms with E-state index in [0.29, 0.717) is 26.6 Å². The number of aromatic hydroxyl groups is 1. The van der Waals surface area contributed by atoms with E-state index >= 15 is 0 Å². The minimum absolute atomic E-state index is 0.0178. The number of amides is 1. The predicted molar refractivity (Wildman–Crippen MR) is 112 cm³/mol. The van der Waals surface area contributed by atoms with Crippen LogP contribution in [0.1, 0.15) is 21.9 Å². The van der Waals surface area contributed by atoms with Crippen molar-refractivity contribution in [2.45, 2.75) is 6.61 Å². The van der Waals surface area contributed by atoms with Crippen molar-refractivity contribution in [2.24, 2.45) is 5.10 Å². The number of para-hydroxylation sites is 1. The van der Waals surface area contributed by atoms with Gasteiger partial charge in [-0.3, -0.25) is 4.79 Å². The van der Waals surface area contributed by atoms with E-state index in [9.17, 15) is 9.90 Å². The highest BCUT2D eigenvalue weighted by molar-refractivity contribution is 9.10. The number of hydrogen-bond donors (Lipinski definition) is 2. The van der Waals surface area contributed by atoms with Gasteiger partial charge in [0.2, 0.25) is 0 Å². The Balaban J connectivity index is 1.58. The molecule has 0 saturated heterocycles. The normalized spacial score (nSPS) is 10.9. The molecule has 0 spiro atoms. The number of benzene rings is 2. The maximum Gasteiger partial charge on any atom is 0.307 e. The standard InChI is InChI=1S/C20H16BrClN2O5/c1-27-18-9-12(8-14(21)19(18)25)10-23-24-20(26)17-7-6-13(29-17)11-28-16-5-3-2-4-15(16)22/h2-10,25H,11H2,1H3,(H,24,26)/b23-10+. The number of hydrazone groups is 1. The second-order valence-electron chi connectivity index (χ2n) is 5.74. The number of nitrogens with zero attached hydrogens (tertiary/aromatic N) is 1. The highest BCUT2D eigenvalue weighted by Gasteiger charge is 2.12. The van der Waals surface area contributed by atoms with Gasteiger partial charge >= 0.3 is 5.91 Å². The number of hydrogen-bond acceptors (Lipinski definition) is 6. The number of ether oxygens (including phenoxy) is 2. The van der Waals surface area contributed by atoms with Gasteiger partial charge in [-0.2, -0.15) is 5.10 Å². The molecule has 1 amide bonds. The quantitative estimate of drug-likeness (QED) is 0.377. The summed E-state index contributed by atoms with van der Waals surface area (Å²) in [5.74, 6) is 0.819. The highest BCUT2D eigenvalue weighted by atomic mass is 79.9. The molecule has 0 fully saturated rings. The number of carbonyl (C=O) groups is 1. The number of halogens is 2. The number of rotatable bonds is 7. The van der Waals surface area contributed by atoms with Gasteiger partial charge in [-0.15, -0.1) is 0 Å². The summed E-state index contributed by atoms with van der Waals surface area (Å²) in [6, 6.07) is 13.4. The van der Waals surface area contributed by atoms with Crippen LogP contribution in [0.5, 0.6) is 17.2 Å². The molecule has 150 valence electrons. The van der Waals surface area contributed by atoms with E-state index in [4.69, 9.17) is 25.5 Å². The van der Waals surface area contributed by atoms with E-state index in [1.807, 2.05) is 6.07 Å². The summed E-state index contributed by atoms with van der Waals surface area (Å²) in [6.45, 7) is 0.127. The Bertz CT molecular complexity index is 1050. The Hall–Kier alpha value is -2.97. The summed E-state index contributed by atoms with van der Waals surface area (Å²) in [6.07, 6.45) is 1.41. The number of methoxy groups -OCH3 is 1. The van der Waals surface area contributed by atoms with E-state index < -0.39 is 5.91 Å². The Kier molecular flexibility index (Phi) is 6.79. The molecule has 1 aromatic heterocycles. The molecule has 1 heterocycles. The third-order valence-corrected chi connectivity index (χ3v) is 4.66. The molecule has 0 atom stereocenters. The molecular formula is C20H16BrClN2O5. The van der Waals surface area contributed by atoms with Gasteiger partial charge in [0.15, 0.2) is 17.3 Å². The third-order valence-electron chi connectivity index (χ3n) is 3.74. The number of carbonyl (C=O) groups excluding carboxylic acids is 1. The van der Waals surface area contributed by atoms with Crippen LogP contribution in [0.2, 0.25) is 5.02 Å². The smallest absolute Gasteiger partial charge is 0.307 e. The third kappa shape index (κ3) is 5.30. The van der Waals surface area contributed by atoms with Crippen molar-refractivity contribution in [3.8, 4) is 17.2 Å². The van der Waals surface area contributed by atoms with Gasteiger partial charge in [0.1, 0.15) is 18.1 Å². The summed E-state index contributed by atoms with van der Waals surface area (Å²) >= 11 is 9.25. The molecule has 0 aliphatic rings. The molecule has 0 bridgehead atoms. The van der Waals surface area contributed by atoms with E-state index in [2.05, 4.69) is 26.5 Å². The van der Waals surface area contributed by atoms with Crippen molar-refractivity contribution in [3.63, 3.8) is 0 Å². The molecule has 0 radical (unpaired) electrons. The molecule has 2 aromatic carbocycles. The number of phenols is 1. The number of nitrogens with one attached hydrogen (secondary N) is 1. The lowest BCUT2D eigenvalue weighted by Crippen LogP contribution is -2.16. The van der Waals surface area contributed by atoms with Gasteiger partial charge in [0, 0.05) is 0 Å². The second kappa shape index (κ2) is 9.49. The van der Waals surface area contributed by atoms with Gasteiger partial charge in [-0.1, -0.05) is 23.7 Å². The molecule has 29 heavy (non-hydrogen) atoms. The maximum absolute atomic E-state index is 12.2. The van der Waals surface area contributed by atoms with E-state index in [1.165, 1.54) is 19.4 Å². The van der Waals surface area contributed by atoms with Crippen molar-refractivity contribution in [2.75, 3.05) is 7.11 Å². The minimum Gasteiger partial charge on any atom is -0.503 e. The van der Waals surface area contributed by atoms with Gasteiger partial charge in [0.05, 0.1) is 22.8 Å². The fourth-order valence-corrected chi connectivity index (χ4v) is 2.98. The van der Waals surface area contributed by atoms with Crippen molar-refractivity contribution in [3.05, 3.63) is 75.1 Å². The van der Waals surface area contributed by atoms with Crippen LogP contribution in [0, 0.1) is 0 Å². The average Bonchev–Trinajstić information content (AvgIpc) is 3.19. The van der Waals surface area contributed by atoms with Crippen LogP contribution >= 0.6 is 27.5 Å². The first-order chi connectivity index (χ1) is 14.0. The highest BCUT2D eigenvalue weighted by Crippen LogP contribution is 2.34. The van der Waals surface area contributed by atoms with Crippen molar-refractivity contribution >= 4 is 39.7 Å². The van der Waals surface area contributed by atoms with Crippen LogP contribution in [-0.4, -0.2) is 24.3 Å². The lowest BCUT2D eigenvalue weighted by Gasteiger charge is -2.06. The van der Waals surface area contributed by atoms with E-state index in [0.717, 1.165) is 0 Å². The summed E-state index contributed by atoms with van der Waals surface area (Å²) < 4.78 is 16.5. The van der Waals surface area contributed by atoms with Crippen LogP contribution in [-0.2, 0) is 6.61 Å². The molecular weight excluding hydrogens is 464 g/mol. The molecule has 3 rings (SSSR count). The first-order valence-electron chi connectivity index (χ1n) is 8.34. The zero-order valence-corrected chi connectivity index (χ0v) is 17.5. The topological polar surface area (TPSA) is 93.3 Å². The molecule has 9 heteroatoms. The molecule has 0 aliphatic heterocycles. The largest absolute Gasteiger partial charge is 0.503 e. The van der Waals surface area contributed by atoms with E-state index in [1.54, 1.807) is 36.4 Å². The second-order valence-corrected chi connectivity index (χ2v) is 7.00. The maximum atomic E-state index is 12.2. The molecule has 2 N–H and O–H groups in total. The SMILES string of the molecule is COc1cc(/C=N/NC(=O)c2ccc(COc3ccccc3Cl)o2)cc(Br)c1O. The Morgan fingerprint density at radius 1 is 1.28 bits per heavy atom. The molecule has 0 aliphatic carbocycles. The Morgan fingerprint density at radius 3 is 2.83 bits per heavy atom. The minimum atomic E-state index is -0.518. The summed E-state index contributed by atoms with van der Waals surface area (Å²) in [4.78, 5) is 12.2. The summed E-state index contributed by atoms with van der Waals surface area (Å²) in [7, 11) is 1.44. The van der Waals surface area contributed by atoms with Crippen molar-refractivity contribution in [1.29, 1.82) is 0 Å².